The van der Waals surface area contributed by atoms with Crippen molar-refractivity contribution >= 4 is 40.2 Å². The topological polar surface area (TPSA) is 21.7 Å². The lowest BCUT2D eigenvalue weighted by molar-refractivity contribution is 0.460. The summed E-state index contributed by atoms with van der Waals surface area (Å²) in [5.74, 6) is 5.75. The van der Waals surface area contributed by atoms with Crippen LogP contribution < -0.4 is 30.8 Å². The smallest absolute Gasteiger partial charge is 0.260 e. The van der Waals surface area contributed by atoms with Crippen molar-refractivity contribution in [1.29, 1.82) is 0 Å². The molecule has 0 bridgehead atoms. The molecule has 9 rings (SSSR count). The second-order valence-corrected chi connectivity index (χ2v) is 20.5. The van der Waals surface area contributed by atoms with E-state index in [1.807, 2.05) is 0 Å². The summed E-state index contributed by atoms with van der Waals surface area (Å²) < 4.78 is 14.9. The van der Waals surface area contributed by atoms with Crippen LogP contribution in [0.2, 0.25) is 0 Å². The van der Waals surface area contributed by atoms with Crippen LogP contribution in [0.4, 0.5) is 17.1 Å². The molecule has 0 atom stereocenters. The third-order valence-electron chi connectivity index (χ3n) is 14.1. The number of nitrogens with zero attached hydrogens (tertiary/aromatic N) is 1. The molecular formula is C61H66BNO2. The molecule has 2 heterocycles. The highest BCUT2D eigenvalue weighted by atomic mass is 16.5. The summed E-state index contributed by atoms with van der Waals surface area (Å²) >= 11 is 0. The number of ether oxygens (including phenoxy) is 2. The number of fused-ring (bicyclic) bond motifs is 4. The lowest BCUT2D eigenvalue weighted by Gasteiger charge is -2.39. The predicted molar refractivity (Wildman–Crippen MR) is 277 cm³/mol. The molecule has 0 saturated heterocycles. The van der Waals surface area contributed by atoms with E-state index in [0.29, 0.717) is 35.5 Å². The molecule has 7 aromatic carbocycles. The minimum Gasteiger partial charge on any atom is -0.458 e. The Labute approximate surface area is 390 Å². The third-order valence-corrected chi connectivity index (χ3v) is 14.1. The molecule has 0 saturated carbocycles. The van der Waals surface area contributed by atoms with Gasteiger partial charge in [0, 0.05) is 28.3 Å². The molecule has 0 aliphatic carbocycles. The third kappa shape index (κ3) is 8.31. The Morgan fingerprint density at radius 3 is 1.05 bits per heavy atom. The standard InChI is InChI=1S/C61H66BNO2/c1-36(2)42-13-17-46(18-14-42)58(47-19-15-43(16-20-47)37(3)4)52-35-55(63(50-27-21-44(22-28-50)38(5)6)51-29-23-45(24-30-51)39(7)8)61-59-60(52)64-56-31-25-48(40(9)10)33-53(56)62(59)54-34-49(41(11)12)26-32-57(54)65-61/h13-41,58H,1-12H3. The first-order chi connectivity index (χ1) is 31.2. The van der Waals surface area contributed by atoms with Crippen molar-refractivity contribution in [1.82, 2.24) is 0 Å². The molecular weight excluding hydrogens is 789 g/mol. The average Bonchev–Trinajstić information content (AvgIpc) is 3.30. The Balaban J connectivity index is 1.41. The van der Waals surface area contributed by atoms with Crippen LogP contribution in [-0.2, 0) is 0 Å². The van der Waals surface area contributed by atoms with Crippen molar-refractivity contribution in [3.05, 3.63) is 190 Å². The maximum absolute atomic E-state index is 7.46. The summed E-state index contributed by atoms with van der Waals surface area (Å²) in [6.45, 7) is 27.1. The Morgan fingerprint density at radius 1 is 0.354 bits per heavy atom. The lowest BCUT2D eigenvalue weighted by atomic mass is 9.34. The van der Waals surface area contributed by atoms with Crippen molar-refractivity contribution in [2.75, 3.05) is 4.90 Å². The molecule has 0 unspecified atom stereocenters. The lowest BCUT2D eigenvalue weighted by Crippen LogP contribution is -2.58. The van der Waals surface area contributed by atoms with Crippen LogP contribution in [0.5, 0.6) is 23.0 Å². The molecule has 330 valence electrons. The summed E-state index contributed by atoms with van der Waals surface area (Å²) in [5, 5.41) is 0. The molecule has 0 aromatic heterocycles. The second kappa shape index (κ2) is 17.8. The van der Waals surface area contributed by atoms with Crippen molar-refractivity contribution in [2.24, 2.45) is 0 Å². The predicted octanol–water partition coefficient (Wildman–Crippen LogP) is 15.8. The van der Waals surface area contributed by atoms with Crippen molar-refractivity contribution in [3.63, 3.8) is 0 Å². The van der Waals surface area contributed by atoms with Gasteiger partial charge in [-0.3, -0.25) is 0 Å². The molecule has 65 heavy (non-hydrogen) atoms. The van der Waals surface area contributed by atoms with E-state index in [9.17, 15) is 0 Å². The van der Waals surface area contributed by atoms with E-state index >= 15 is 0 Å². The van der Waals surface area contributed by atoms with Gasteiger partial charge in [0.15, 0.2) is 0 Å². The minimum absolute atomic E-state index is 0.121. The Kier molecular flexibility index (Phi) is 12.1. The van der Waals surface area contributed by atoms with E-state index < -0.39 is 0 Å². The highest BCUT2D eigenvalue weighted by Gasteiger charge is 2.45. The molecule has 0 spiro atoms. The minimum atomic E-state index is -0.148. The first-order valence-corrected chi connectivity index (χ1v) is 24.2. The fourth-order valence-corrected chi connectivity index (χ4v) is 9.87. The van der Waals surface area contributed by atoms with Gasteiger partial charge in [0.25, 0.3) is 6.71 Å². The molecule has 2 aliphatic heterocycles. The molecule has 0 N–H and O–H groups in total. The van der Waals surface area contributed by atoms with E-state index in [0.717, 1.165) is 51.1 Å². The van der Waals surface area contributed by atoms with Gasteiger partial charge in [-0.1, -0.05) is 180 Å². The van der Waals surface area contributed by atoms with Crippen molar-refractivity contribution in [2.45, 2.75) is 125 Å². The first-order valence-electron chi connectivity index (χ1n) is 24.2. The number of anilines is 3. The van der Waals surface area contributed by atoms with Gasteiger partial charge in [-0.05, 0) is 133 Å². The zero-order valence-electron chi connectivity index (χ0n) is 40.7. The van der Waals surface area contributed by atoms with Crippen LogP contribution in [0.3, 0.4) is 0 Å². The number of benzene rings is 7. The van der Waals surface area contributed by atoms with Crippen LogP contribution in [0, 0.1) is 0 Å². The van der Waals surface area contributed by atoms with Gasteiger partial charge in [-0.15, -0.1) is 0 Å². The van der Waals surface area contributed by atoms with Gasteiger partial charge in [0.2, 0.25) is 0 Å². The SMILES string of the molecule is CC(C)c1ccc(C(c2ccc(C(C)C)cc2)c2cc(N(c3ccc(C(C)C)cc3)c3ccc(C(C)C)cc3)c3c4c2Oc2ccc(C(C)C)cc2B4c2cc(C(C)C)ccc2O3)cc1. The largest absolute Gasteiger partial charge is 0.458 e. The van der Waals surface area contributed by atoms with E-state index in [4.69, 9.17) is 9.47 Å². The van der Waals surface area contributed by atoms with Gasteiger partial charge >= 0.3 is 0 Å². The van der Waals surface area contributed by atoms with E-state index in [1.54, 1.807) is 0 Å². The Hall–Kier alpha value is -6.00. The van der Waals surface area contributed by atoms with Gasteiger partial charge < -0.3 is 14.4 Å². The van der Waals surface area contributed by atoms with Gasteiger partial charge in [0.05, 0.1) is 5.69 Å². The fourth-order valence-electron chi connectivity index (χ4n) is 9.87. The van der Waals surface area contributed by atoms with E-state index in [2.05, 4.69) is 228 Å². The van der Waals surface area contributed by atoms with Gasteiger partial charge in [0.1, 0.15) is 23.0 Å². The van der Waals surface area contributed by atoms with Gasteiger partial charge in [-0.25, -0.2) is 0 Å². The normalized spacial score (nSPS) is 12.9. The number of hydrogen-bond donors (Lipinski definition) is 0. The molecule has 3 nitrogen and oxygen atoms in total. The van der Waals surface area contributed by atoms with Crippen molar-refractivity contribution < 1.29 is 9.47 Å². The van der Waals surface area contributed by atoms with E-state index in [1.165, 1.54) is 55.4 Å². The zero-order chi connectivity index (χ0) is 45.8. The summed E-state index contributed by atoms with van der Waals surface area (Å²) in [5.41, 5.74) is 18.0. The molecule has 7 aromatic rings. The highest BCUT2D eigenvalue weighted by molar-refractivity contribution is 6.98. The van der Waals surface area contributed by atoms with Crippen LogP contribution in [0.1, 0.15) is 175 Å². The Morgan fingerprint density at radius 2 is 0.677 bits per heavy atom. The summed E-state index contributed by atoms with van der Waals surface area (Å²) in [7, 11) is 0. The molecule has 2 aliphatic rings. The quantitative estimate of drug-likeness (QED) is 0.0903. The summed E-state index contributed by atoms with van der Waals surface area (Å²) in [4.78, 5) is 2.43. The van der Waals surface area contributed by atoms with E-state index in [-0.39, 0.29) is 12.6 Å². The van der Waals surface area contributed by atoms with Gasteiger partial charge in [-0.2, -0.15) is 0 Å². The molecule has 0 amide bonds. The zero-order valence-corrected chi connectivity index (χ0v) is 40.7. The number of hydrogen-bond acceptors (Lipinski definition) is 3. The highest BCUT2D eigenvalue weighted by Crippen LogP contribution is 2.51. The van der Waals surface area contributed by atoms with Crippen LogP contribution in [0.15, 0.2) is 140 Å². The summed E-state index contributed by atoms with van der Waals surface area (Å²) in [6.07, 6.45) is 0. The second-order valence-electron chi connectivity index (χ2n) is 20.5. The number of rotatable bonds is 12. The van der Waals surface area contributed by atoms with Crippen LogP contribution in [-0.4, -0.2) is 6.71 Å². The maximum atomic E-state index is 7.46. The molecule has 4 heteroatoms. The summed E-state index contributed by atoms with van der Waals surface area (Å²) in [6, 6.07) is 53.1. The Bertz CT molecular complexity index is 2520. The average molecular weight is 856 g/mol. The first kappa shape index (κ1) is 44.2. The van der Waals surface area contributed by atoms with Crippen LogP contribution >= 0.6 is 0 Å². The molecule has 0 radical (unpaired) electrons. The maximum Gasteiger partial charge on any atom is 0.260 e. The fraction of sp³-hybridized carbons (Fsp3) is 0.311. The van der Waals surface area contributed by atoms with Crippen molar-refractivity contribution in [3.8, 4) is 23.0 Å². The molecule has 0 fully saturated rings. The monoisotopic (exact) mass is 856 g/mol. The van der Waals surface area contributed by atoms with Crippen LogP contribution in [0.25, 0.3) is 0 Å².